The third kappa shape index (κ3) is 2.52. The molecule has 112 valence electrons. The molecule has 0 fully saturated rings. The average molecular weight is 309 g/mol. The lowest BCUT2D eigenvalue weighted by molar-refractivity contribution is 0.195. The molecular weight excluding hydrogens is 292 g/mol. The first kappa shape index (κ1) is 14.4. The Bertz CT molecular complexity index is 690. The van der Waals surface area contributed by atoms with Gasteiger partial charge in [0.25, 0.3) is 0 Å². The van der Waals surface area contributed by atoms with E-state index >= 15 is 0 Å². The highest BCUT2D eigenvalue weighted by Crippen LogP contribution is 2.38. The van der Waals surface area contributed by atoms with Crippen molar-refractivity contribution in [2.24, 2.45) is 0 Å². The third-order valence-corrected chi connectivity index (χ3v) is 3.92. The smallest absolute Gasteiger partial charge is 0.218 e. The SMILES string of the molecule is COc1cc2c3c(c(OCCO)nc2cc1Cl)CN(C)C3. The molecule has 1 aromatic heterocycles. The van der Waals surface area contributed by atoms with Gasteiger partial charge in [-0.3, -0.25) is 4.90 Å². The highest BCUT2D eigenvalue weighted by atomic mass is 35.5. The Kier molecular flexibility index (Phi) is 3.89. The number of fused-ring (bicyclic) bond motifs is 3. The number of nitrogens with zero attached hydrogens (tertiary/aromatic N) is 2. The fourth-order valence-electron chi connectivity index (χ4n) is 2.70. The largest absolute Gasteiger partial charge is 0.495 e. The number of halogens is 1. The summed E-state index contributed by atoms with van der Waals surface area (Å²) < 4.78 is 10.9. The van der Waals surface area contributed by atoms with E-state index in [0.29, 0.717) is 16.7 Å². The maximum Gasteiger partial charge on any atom is 0.218 e. The Balaban J connectivity index is 2.20. The fourth-order valence-corrected chi connectivity index (χ4v) is 2.94. The van der Waals surface area contributed by atoms with Gasteiger partial charge in [0.1, 0.15) is 12.4 Å². The summed E-state index contributed by atoms with van der Waals surface area (Å²) >= 11 is 6.18. The molecule has 0 atom stereocenters. The van der Waals surface area contributed by atoms with E-state index in [1.807, 2.05) is 6.07 Å². The van der Waals surface area contributed by atoms with Gasteiger partial charge in [0, 0.05) is 24.0 Å². The van der Waals surface area contributed by atoms with Crippen LogP contribution in [0.2, 0.25) is 5.02 Å². The van der Waals surface area contributed by atoms with Crippen LogP contribution in [0.5, 0.6) is 11.6 Å². The van der Waals surface area contributed by atoms with Crippen molar-refractivity contribution >= 4 is 22.5 Å². The first-order valence-corrected chi connectivity index (χ1v) is 7.13. The van der Waals surface area contributed by atoms with Crippen molar-refractivity contribution in [3.8, 4) is 11.6 Å². The number of aliphatic hydroxyl groups excluding tert-OH is 1. The molecule has 1 aliphatic heterocycles. The van der Waals surface area contributed by atoms with E-state index < -0.39 is 0 Å². The number of benzene rings is 1. The number of aliphatic hydroxyl groups is 1. The Morgan fingerprint density at radius 2 is 2.10 bits per heavy atom. The van der Waals surface area contributed by atoms with E-state index in [1.165, 1.54) is 5.56 Å². The van der Waals surface area contributed by atoms with Gasteiger partial charge in [-0.1, -0.05) is 11.6 Å². The molecule has 0 radical (unpaired) electrons. The zero-order valence-corrected chi connectivity index (χ0v) is 12.8. The molecule has 0 aliphatic carbocycles. The van der Waals surface area contributed by atoms with Gasteiger partial charge in [0.15, 0.2) is 0 Å². The van der Waals surface area contributed by atoms with Gasteiger partial charge in [-0.15, -0.1) is 0 Å². The van der Waals surface area contributed by atoms with Crippen LogP contribution in [0, 0.1) is 0 Å². The van der Waals surface area contributed by atoms with E-state index in [-0.39, 0.29) is 13.2 Å². The Morgan fingerprint density at radius 1 is 1.33 bits per heavy atom. The molecule has 0 saturated heterocycles. The molecule has 0 unspecified atom stereocenters. The number of pyridine rings is 1. The van der Waals surface area contributed by atoms with E-state index in [1.54, 1.807) is 13.2 Å². The van der Waals surface area contributed by atoms with E-state index in [9.17, 15) is 0 Å². The molecule has 5 nitrogen and oxygen atoms in total. The van der Waals surface area contributed by atoms with Crippen LogP contribution < -0.4 is 9.47 Å². The van der Waals surface area contributed by atoms with Crippen LogP contribution >= 0.6 is 11.6 Å². The number of aromatic nitrogens is 1. The predicted molar refractivity (Wildman–Crippen MR) is 81.1 cm³/mol. The van der Waals surface area contributed by atoms with Crippen molar-refractivity contribution in [3.63, 3.8) is 0 Å². The fraction of sp³-hybridized carbons (Fsp3) is 0.400. The van der Waals surface area contributed by atoms with Gasteiger partial charge in [0.2, 0.25) is 5.88 Å². The second-order valence-electron chi connectivity index (χ2n) is 5.12. The maximum atomic E-state index is 8.95. The topological polar surface area (TPSA) is 54.8 Å². The molecule has 6 heteroatoms. The van der Waals surface area contributed by atoms with Crippen LogP contribution in [-0.4, -0.2) is 42.4 Å². The van der Waals surface area contributed by atoms with Crippen molar-refractivity contribution in [2.75, 3.05) is 27.4 Å². The van der Waals surface area contributed by atoms with E-state index in [4.69, 9.17) is 26.2 Å². The molecule has 1 aromatic carbocycles. The molecule has 1 N–H and O–H groups in total. The van der Waals surface area contributed by atoms with Gasteiger partial charge in [-0.05, 0) is 24.7 Å². The number of hydrogen-bond donors (Lipinski definition) is 1. The lowest BCUT2D eigenvalue weighted by Crippen LogP contribution is -2.09. The number of rotatable bonds is 4. The molecule has 21 heavy (non-hydrogen) atoms. The highest BCUT2D eigenvalue weighted by molar-refractivity contribution is 6.32. The zero-order valence-electron chi connectivity index (χ0n) is 12.0. The van der Waals surface area contributed by atoms with Crippen LogP contribution in [0.25, 0.3) is 10.9 Å². The Labute approximate surface area is 128 Å². The van der Waals surface area contributed by atoms with Crippen molar-refractivity contribution in [3.05, 3.63) is 28.3 Å². The summed E-state index contributed by atoms with van der Waals surface area (Å²) in [6, 6.07) is 3.72. The molecular formula is C15H17ClN2O3. The molecule has 0 spiro atoms. The van der Waals surface area contributed by atoms with Gasteiger partial charge in [0.05, 0.1) is 24.3 Å². The quantitative estimate of drug-likeness (QED) is 0.938. The second kappa shape index (κ2) is 5.67. The molecule has 2 heterocycles. The Morgan fingerprint density at radius 3 is 2.81 bits per heavy atom. The summed E-state index contributed by atoms with van der Waals surface area (Å²) in [7, 11) is 3.65. The third-order valence-electron chi connectivity index (χ3n) is 3.63. The van der Waals surface area contributed by atoms with Crippen molar-refractivity contribution in [2.45, 2.75) is 13.1 Å². The van der Waals surface area contributed by atoms with Gasteiger partial charge < -0.3 is 14.6 Å². The lowest BCUT2D eigenvalue weighted by Gasteiger charge is -2.12. The van der Waals surface area contributed by atoms with Crippen molar-refractivity contribution < 1.29 is 14.6 Å². The summed E-state index contributed by atoms with van der Waals surface area (Å²) in [4.78, 5) is 6.75. The standard InChI is InChI=1S/C15H17ClN2O3/c1-18-7-10-9-5-14(20-2)12(16)6-13(9)17-15(11(10)8-18)21-4-3-19/h5-6,19H,3-4,7-8H2,1-2H3. The molecule has 0 saturated carbocycles. The van der Waals surface area contributed by atoms with Crippen LogP contribution in [0.15, 0.2) is 12.1 Å². The molecule has 0 bridgehead atoms. The summed E-state index contributed by atoms with van der Waals surface area (Å²) in [5.74, 6) is 1.23. The average Bonchev–Trinajstić information content (AvgIpc) is 2.86. The monoisotopic (exact) mass is 308 g/mol. The molecule has 2 aromatic rings. The first-order valence-electron chi connectivity index (χ1n) is 6.75. The van der Waals surface area contributed by atoms with Crippen molar-refractivity contribution in [1.82, 2.24) is 9.88 Å². The minimum absolute atomic E-state index is 0.0340. The van der Waals surface area contributed by atoms with Gasteiger partial charge in [-0.2, -0.15) is 0 Å². The normalized spacial score (nSPS) is 14.5. The van der Waals surface area contributed by atoms with Crippen molar-refractivity contribution in [1.29, 1.82) is 0 Å². The second-order valence-corrected chi connectivity index (χ2v) is 5.53. The van der Waals surface area contributed by atoms with Crippen LogP contribution in [0.1, 0.15) is 11.1 Å². The number of ether oxygens (including phenoxy) is 2. The van der Waals surface area contributed by atoms with E-state index in [0.717, 1.165) is 29.6 Å². The summed E-state index contributed by atoms with van der Waals surface area (Å²) in [6.45, 7) is 1.81. The number of hydrogen-bond acceptors (Lipinski definition) is 5. The van der Waals surface area contributed by atoms with Crippen LogP contribution in [0.4, 0.5) is 0 Å². The first-order chi connectivity index (χ1) is 10.1. The minimum atomic E-state index is -0.0340. The zero-order chi connectivity index (χ0) is 15.0. The highest BCUT2D eigenvalue weighted by Gasteiger charge is 2.25. The van der Waals surface area contributed by atoms with Crippen LogP contribution in [-0.2, 0) is 13.1 Å². The molecule has 0 amide bonds. The molecule has 3 rings (SSSR count). The molecule has 1 aliphatic rings. The Hall–Kier alpha value is -1.56. The lowest BCUT2D eigenvalue weighted by atomic mass is 10.1. The minimum Gasteiger partial charge on any atom is -0.495 e. The maximum absolute atomic E-state index is 8.95. The summed E-state index contributed by atoms with van der Waals surface area (Å²) in [5.41, 5.74) is 3.04. The van der Waals surface area contributed by atoms with Crippen LogP contribution in [0.3, 0.4) is 0 Å². The number of methoxy groups -OCH3 is 1. The van der Waals surface area contributed by atoms with Gasteiger partial charge in [-0.25, -0.2) is 4.98 Å². The summed E-state index contributed by atoms with van der Waals surface area (Å²) in [5, 5.41) is 10.5. The van der Waals surface area contributed by atoms with E-state index in [2.05, 4.69) is 16.9 Å². The summed E-state index contributed by atoms with van der Waals surface area (Å²) in [6.07, 6.45) is 0. The van der Waals surface area contributed by atoms with Gasteiger partial charge >= 0.3 is 0 Å². The predicted octanol–water partition coefficient (Wildman–Crippen LogP) is 2.21.